The molecule has 0 aromatic carbocycles. The number of thiazole rings is 1. The van der Waals surface area contributed by atoms with Crippen molar-refractivity contribution in [1.29, 1.82) is 0 Å². The maximum Gasteiger partial charge on any atom is 0.144 e. The highest BCUT2D eigenvalue weighted by Crippen LogP contribution is 2.33. The fourth-order valence-corrected chi connectivity index (χ4v) is 2.65. The van der Waals surface area contributed by atoms with Crippen molar-refractivity contribution in [3.63, 3.8) is 0 Å². The predicted octanol–water partition coefficient (Wildman–Crippen LogP) is 1.94. The minimum absolute atomic E-state index is 0.439. The summed E-state index contributed by atoms with van der Waals surface area (Å²) in [7, 11) is 1.65. The summed E-state index contributed by atoms with van der Waals surface area (Å²) in [5, 5.41) is 0.823. The first-order valence-corrected chi connectivity index (χ1v) is 6.38. The Hall–Kier alpha value is -1.37. The number of aromatic nitrogens is 3. The van der Waals surface area contributed by atoms with Crippen LogP contribution >= 0.6 is 11.3 Å². The molecule has 2 heterocycles. The lowest BCUT2D eigenvalue weighted by molar-refractivity contribution is 0.180. The molecule has 18 heavy (non-hydrogen) atoms. The van der Waals surface area contributed by atoms with Crippen LogP contribution in [0, 0.1) is 0 Å². The quantitative estimate of drug-likeness (QED) is 0.913. The van der Waals surface area contributed by atoms with Gasteiger partial charge in [0.2, 0.25) is 0 Å². The maximum absolute atomic E-state index is 6.16. The Morgan fingerprint density at radius 2 is 2.17 bits per heavy atom. The lowest BCUT2D eigenvalue weighted by Crippen LogP contribution is -2.28. The van der Waals surface area contributed by atoms with E-state index in [0.717, 1.165) is 21.3 Å². The first kappa shape index (κ1) is 13.1. The number of hydrogen-bond acceptors (Lipinski definition) is 6. The summed E-state index contributed by atoms with van der Waals surface area (Å²) in [6.45, 7) is 4.37. The molecule has 0 fully saturated rings. The van der Waals surface area contributed by atoms with Gasteiger partial charge in [-0.05, 0) is 13.8 Å². The summed E-state index contributed by atoms with van der Waals surface area (Å²) in [6, 6.07) is 0. The van der Waals surface area contributed by atoms with Gasteiger partial charge in [-0.25, -0.2) is 4.98 Å². The maximum atomic E-state index is 6.16. The lowest BCUT2D eigenvalue weighted by Gasteiger charge is -2.17. The van der Waals surface area contributed by atoms with E-state index in [2.05, 4.69) is 15.0 Å². The average Bonchev–Trinajstić information content (AvgIpc) is 2.75. The highest BCUT2D eigenvalue weighted by atomic mass is 32.1. The topological polar surface area (TPSA) is 73.9 Å². The van der Waals surface area contributed by atoms with Gasteiger partial charge in [0.05, 0.1) is 23.4 Å². The molecule has 0 aliphatic heterocycles. The molecule has 0 aliphatic rings. The number of hydrogen-bond donors (Lipinski definition) is 1. The Labute approximate surface area is 110 Å². The number of nitrogens with zero attached hydrogens (tertiary/aromatic N) is 3. The molecule has 6 heteroatoms. The van der Waals surface area contributed by atoms with Gasteiger partial charge < -0.3 is 10.5 Å². The molecule has 0 unspecified atom stereocenters. The van der Waals surface area contributed by atoms with Crippen molar-refractivity contribution < 1.29 is 4.74 Å². The van der Waals surface area contributed by atoms with E-state index in [9.17, 15) is 0 Å². The molecule has 2 aromatic heterocycles. The van der Waals surface area contributed by atoms with Crippen molar-refractivity contribution in [2.24, 2.45) is 5.73 Å². The van der Waals surface area contributed by atoms with E-state index < -0.39 is 5.54 Å². The fourth-order valence-electron chi connectivity index (χ4n) is 1.61. The summed E-state index contributed by atoms with van der Waals surface area (Å²) in [4.78, 5) is 13.9. The molecule has 2 aromatic rings. The Balaban J connectivity index is 2.46. The lowest BCUT2D eigenvalue weighted by atomic mass is 10.0. The van der Waals surface area contributed by atoms with Crippen molar-refractivity contribution in [3.05, 3.63) is 29.2 Å². The van der Waals surface area contributed by atoms with Crippen LogP contribution < -0.4 is 5.73 Å². The van der Waals surface area contributed by atoms with Gasteiger partial charge in [-0.15, -0.1) is 11.3 Å². The molecule has 0 saturated heterocycles. The summed E-state index contributed by atoms with van der Waals surface area (Å²) in [5.74, 6) is 0. The Morgan fingerprint density at radius 1 is 1.39 bits per heavy atom. The van der Waals surface area contributed by atoms with Gasteiger partial charge in [0, 0.05) is 25.0 Å². The molecule has 0 spiro atoms. The molecule has 5 nitrogen and oxygen atoms in total. The second kappa shape index (κ2) is 5.09. The van der Waals surface area contributed by atoms with Gasteiger partial charge >= 0.3 is 0 Å². The zero-order chi connectivity index (χ0) is 13.2. The SMILES string of the molecule is COCc1nc(-c2cnccn2)sc1C(C)(C)N. The molecule has 0 atom stereocenters. The molecule has 0 bridgehead atoms. The van der Waals surface area contributed by atoms with Crippen LogP contribution in [-0.2, 0) is 16.9 Å². The third-order valence-electron chi connectivity index (χ3n) is 2.35. The first-order chi connectivity index (χ1) is 8.52. The number of methoxy groups -OCH3 is 1. The normalized spacial score (nSPS) is 11.8. The van der Waals surface area contributed by atoms with Gasteiger partial charge in [-0.1, -0.05) is 0 Å². The predicted molar refractivity (Wildman–Crippen MR) is 71.1 cm³/mol. The largest absolute Gasteiger partial charge is 0.378 e. The van der Waals surface area contributed by atoms with E-state index in [1.54, 1.807) is 37.0 Å². The van der Waals surface area contributed by atoms with Crippen LogP contribution in [-0.4, -0.2) is 22.1 Å². The molecule has 2 N–H and O–H groups in total. The van der Waals surface area contributed by atoms with Gasteiger partial charge in [0.15, 0.2) is 0 Å². The van der Waals surface area contributed by atoms with Gasteiger partial charge in [0.1, 0.15) is 10.7 Å². The molecule has 96 valence electrons. The Morgan fingerprint density at radius 3 is 2.72 bits per heavy atom. The Bertz CT molecular complexity index is 519. The molecule has 0 amide bonds. The van der Waals surface area contributed by atoms with E-state index in [4.69, 9.17) is 10.5 Å². The van der Waals surface area contributed by atoms with Gasteiger partial charge in [-0.2, -0.15) is 0 Å². The number of rotatable bonds is 4. The van der Waals surface area contributed by atoms with Crippen LogP contribution in [0.3, 0.4) is 0 Å². The Kier molecular flexibility index (Phi) is 3.70. The minimum atomic E-state index is -0.439. The molecule has 0 aliphatic carbocycles. The smallest absolute Gasteiger partial charge is 0.144 e. The van der Waals surface area contributed by atoms with Crippen LogP contribution in [0.1, 0.15) is 24.4 Å². The van der Waals surface area contributed by atoms with E-state index >= 15 is 0 Å². The van der Waals surface area contributed by atoms with E-state index in [0.29, 0.717) is 6.61 Å². The van der Waals surface area contributed by atoms with Crippen molar-refractivity contribution in [2.45, 2.75) is 26.0 Å². The summed E-state index contributed by atoms with van der Waals surface area (Å²) < 4.78 is 5.17. The first-order valence-electron chi connectivity index (χ1n) is 5.56. The second-order valence-electron chi connectivity index (χ2n) is 4.54. The molecule has 0 radical (unpaired) electrons. The van der Waals surface area contributed by atoms with Crippen molar-refractivity contribution in [1.82, 2.24) is 15.0 Å². The summed E-state index contributed by atoms with van der Waals surface area (Å²) >= 11 is 1.54. The zero-order valence-corrected chi connectivity index (χ0v) is 11.5. The standard InChI is InChI=1S/C12H16N4OS/c1-12(2,13)10-9(7-17-3)16-11(18-10)8-6-14-4-5-15-8/h4-6H,7,13H2,1-3H3. The molecule has 2 rings (SSSR count). The fraction of sp³-hybridized carbons (Fsp3) is 0.417. The van der Waals surface area contributed by atoms with Crippen LogP contribution in [0.25, 0.3) is 10.7 Å². The summed E-state index contributed by atoms with van der Waals surface area (Å²) in [6.07, 6.45) is 4.99. The van der Waals surface area contributed by atoms with Crippen LogP contribution in [0.2, 0.25) is 0 Å². The van der Waals surface area contributed by atoms with Crippen molar-refractivity contribution >= 4 is 11.3 Å². The van der Waals surface area contributed by atoms with Crippen LogP contribution in [0.4, 0.5) is 0 Å². The van der Waals surface area contributed by atoms with E-state index in [1.807, 2.05) is 13.8 Å². The number of nitrogens with two attached hydrogens (primary N) is 1. The highest BCUT2D eigenvalue weighted by Gasteiger charge is 2.24. The highest BCUT2D eigenvalue weighted by molar-refractivity contribution is 7.15. The van der Waals surface area contributed by atoms with Crippen LogP contribution in [0.15, 0.2) is 18.6 Å². The molecule has 0 saturated carbocycles. The third kappa shape index (κ3) is 2.72. The zero-order valence-electron chi connectivity index (χ0n) is 10.7. The summed E-state index contributed by atoms with van der Waals surface area (Å²) in [5.41, 5.74) is 7.35. The monoisotopic (exact) mass is 264 g/mol. The third-order valence-corrected chi connectivity index (χ3v) is 3.81. The minimum Gasteiger partial charge on any atom is -0.378 e. The molecular formula is C12H16N4OS. The number of ether oxygens (including phenoxy) is 1. The average molecular weight is 264 g/mol. The van der Waals surface area contributed by atoms with Gasteiger partial charge in [-0.3, -0.25) is 9.97 Å². The van der Waals surface area contributed by atoms with Crippen molar-refractivity contribution in [2.75, 3.05) is 7.11 Å². The van der Waals surface area contributed by atoms with Crippen molar-refractivity contribution in [3.8, 4) is 10.7 Å². The molecular weight excluding hydrogens is 248 g/mol. The van der Waals surface area contributed by atoms with Crippen LogP contribution in [0.5, 0.6) is 0 Å². The van der Waals surface area contributed by atoms with Gasteiger partial charge in [0.25, 0.3) is 0 Å². The van der Waals surface area contributed by atoms with E-state index in [1.165, 1.54) is 0 Å². The van der Waals surface area contributed by atoms with E-state index in [-0.39, 0.29) is 0 Å². The second-order valence-corrected chi connectivity index (χ2v) is 5.54.